The largest absolute Gasteiger partial charge is 0.130 e. The van der Waals surface area contributed by atoms with Crippen molar-refractivity contribution in [1.29, 1.82) is 0 Å². The van der Waals surface area contributed by atoms with Gasteiger partial charge in [0, 0.05) is 10.3 Å². The predicted molar refractivity (Wildman–Crippen MR) is 95.7 cm³/mol. The van der Waals surface area contributed by atoms with E-state index in [1.165, 1.54) is 32.7 Å². The smallest absolute Gasteiger partial charge is 0.0435 e. The lowest BCUT2D eigenvalue weighted by Crippen LogP contribution is -2.22. The zero-order chi connectivity index (χ0) is 15.2. The summed E-state index contributed by atoms with van der Waals surface area (Å²) in [7, 11) is 0. The average Bonchev–Trinajstić information content (AvgIpc) is 2.86. The van der Waals surface area contributed by atoms with Crippen molar-refractivity contribution >= 4 is 11.8 Å². The van der Waals surface area contributed by atoms with Crippen LogP contribution in [-0.2, 0) is 5.41 Å². The van der Waals surface area contributed by atoms with Crippen LogP contribution in [0.5, 0.6) is 0 Å². The van der Waals surface area contributed by atoms with E-state index in [0.717, 1.165) is 0 Å². The molecule has 1 heteroatoms. The Balaban J connectivity index is 2.00. The lowest BCUT2D eigenvalue weighted by atomic mass is 9.74. The Kier molecular flexibility index (Phi) is 3.12. The van der Waals surface area contributed by atoms with Crippen LogP contribution in [0, 0.1) is 0 Å². The molecule has 0 amide bonds. The molecule has 0 heterocycles. The van der Waals surface area contributed by atoms with E-state index in [1.54, 1.807) is 11.8 Å². The van der Waals surface area contributed by atoms with Crippen LogP contribution in [0.15, 0.2) is 77.7 Å². The van der Waals surface area contributed by atoms with Crippen molar-refractivity contribution in [2.24, 2.45) is 0 Å². The first-order valence-corrected chi connectivity index (χ1v) is 8.81. The molecule has 0 saturated carbocycles. The van der Waals surface area contributed by atoms with Gasteiger partial charge in [-0.05, 0) is 53.1 Å². The van der Waals surface area contributed by atoms with Crippen molar-refractivity contribution in [3.63, 3.8) is 0 Å². The Hall–Kier alpha value is -1.99. The molecule has 0 unspecified atom stereocenters. The molecule has 0 spiro atoms. The first-order chi connectivity index (χ1) is 10.7. The number of fused-ring (bicyclic) bond motifs is 3. The van der Waals surface area contributed by atoms with Crippen molar-refractivity contribution < 1.29 is 0 Å². The van der Waals surface area contributed by atoms with E-state index >= 15 is 0 Å². The Morgan fingerprint density at radius 3 is 1.68 bits per heavy atom. The van der Waals surface area contributed by atoms with E-state index in [1.807, 2.05) is 0 Å². The highest BCUT2D eigenvalue weighted by atomic mass is 32.2. The molecule has 0 N–H and O–H groups in total. The number of hydrogen-bond donors (Lipinski definition) is 0. The molecule has 0 nitrogen and oxygen atoms in total. The number of hydrogen-bond acceptors (Lipinski definition) is 1. The number of rotatable bonds is 2. The van der Waals surface area contributed by atoms with Gasteiger partial charge in [-0.15, -0.1) is 11.8 Å². The summed E-state index contributed by atoms with van der Waals surface area (Å²) in [5, 5.41) is 0. The summed E-state index contributed by atoms with van der Waals surface area (Å²) < 4.78 is 0. The van der Waals surface area contributed by atoms with Crippen LogP contribution in [0.1, 0.15) is 23.6 Å². The minimum Gasteiger partial charge on any atom is -0.130 e. The van der Waals surface area contributed by atoms with Gasteiger partial charge < -0.3 is 0 Å². The van der Waals surface area contributed by atoms with Crippen molar-refractivity contribution in [2.45, 2.75) is 17.2 Å². The minimum atomic E-state index is -0.0654. The van der Waals surface area contributed by atoms with Crippen molar-refractivity contribution in [1.82, 2.24) is 0 Å². The van der Waals surface area contributed by atoms with Gasteiger partial charge in [-0.3, -0.25) is 0 Å². The van der Waals surface area contributed by atoms with E-state index in [9.17, 15) is 0 Å². The third kappa shape index (κ3) is 1.79. The number of thioether (sulfide) groups is 1. The average molecular weight is 302 g/mol. The molecule has 0 radical (unpaired) electrons. The molecular weight excluding hydrogens is 284 g/mol. The lowest BCUT2D eigenvalue weighted by molar-refractivity contribution is 0.713. The summed E-state index contributed by atoms with van der Waals surface area (Å²) in [6.45, 7) is 2.35. The van der Waals surface area contributed by atoms with E-state index in [0.29, 0.717) is 0 Å². The molecule has 0 aromatic heterocycles. The van der Waals surface area contributed by atoms with Crippen LogP contribution < -0.4 is 0 Å². The van der Waals surface area contributed by atoms with Crippen molar-refractivity contribution in [2.75, 3.05) is 6.26 Å². The van der Waals surface area contributed by atoms with Crippen LogP contribution in [0.4, 0.5) is 0 Å². The van der Waals surface area contributed by atoms with Crippen LogP contribution >= 0.6 is 11.8 Å². The van der Waals surface area contributed by atoms with Crippen LogP contribution in [-0.4, -0.2) is 6.26 Å². The van der Waals surface area contributed by atoms with Gasteiger partial charge in [0.15, 0.2) is 0 Å². The van der Waals surface area contributed by atoms with Crippen LogP contribution in [0.25, 0.3) is 11.1 Å². The molecule has 3 aromatic rings. The van der Waals surface area contributed by atoms with Crippen LogP contribution in [0.3, 0.4) is 0 Å². The quantitative estimate of drug-likeness (QED) is 0.544. The Bertz CT molecular complexity index is 785. The minimum absolute atomic E-state index is 0.0654. The third-order valence-electron chi connectivity index (χ3n) is 4.89. The van der Waals surface area contributed by atoms with E-state index in [-0.39, 0.29) is 5.41 Å². The summed E-state index contributed by atoms with van der Waals surface area (Å²) in [6, 6.07) is 26.6. The zero-order valence-electron chi connectivity index (χ0n) is 12.8. The topological polar surface area (TPSA) is 0 Å². The maximum absolute atomic E-state index is 2.35. The van der Waals surface area contributed by atoms with E-state index < -0.39 is 0 Å². The van der Waals surface area contributed by atoms with Gasteiger partial charge >= 0.3 is 0 Å². The molecule has 1 aliphatic rings. The van der Waals surface area contributed by atoms with Crippen LogP contribution in [0.2, 0.25) is 0 Å². The Morgan fingerprint density at radius 1 is 0.682 bits per heavy atom. The molecule has 0 bridgehead atoms. The zero-order valence-corrected chi connectivity index (χ0v) is 13.7. The molecular formula is C21H18S. The van der Waals surface area contributed by atoms with E-state index in [4.69, 9.17) is 0 Å². The summed E-state index contributed by atoms with van der Waals surface area (Å²) in [4.78, 5) is 1.31. The summed E-state index contributed by atoms with van der Waals surface area (Å²) >= 11 is 1.79. The lowest BCUT2D eigenvalue weighted by Gasteiger charge is -2.28. The monoisotopic (exact) mass is 302 g/mol. The van der Waals surface area contributed by atoms with Gasteiger partial charge in [-0.2, -0.15) is 0 Å². The SMILES string of the molecule is CSc1ccc(C2(C)c3ccccc3-c3ccccc32)cc1. The fourth-order valence-corrected chi connectivity index (χ4v) is 4.10. The standard InChI is InChI=1S/C21H18S/c1-21(15-11-13-16(22-2)14-12-15)19-9-5-3-7-17(19)18-8-4-6-10-20(18)21/h3-14H,1-2H3. The second kappa shape index (κ2) is 5.03. The maximum atomic E-state index is 2.35. The maximum Gasteiger partial charge on any atom is 0.0435 e. The molecule has 3 aromatic carbocycles. The second-order valence-corrected chi connectivity index (χ2v) is 6.82. The van der Waals surface area contributed by atoms with Crippen molar-refractivity contribution in [3.8, 4) is 11.1 Å². The highest BCUT2D eigenvalue weighted by Gasteiger charge is 2.40. The molecule has 4 rings (SSSR count). The van der Waals surface area contributed by atoms with Gasteiger partial charge in [-0.1, -0.05) is 60.7 Å². The third-order valence-corrected chi connectivity index (χ3v) is 5.63. The van der Waals surface area contributed by atoms with Gasteiger partial charge in [0.2, 0.25) is 0 Å². The fraction of sp³-hybridized carbons (Fsp3) is 0.143. The summed E-state index contributed by atoms with van der Waals surface area (Å²) in [6.07, 6.45) is 2.12. The van der Waals surface area contributed by atoms with Gasteiger partial charge in [0.1, 0.15) is 0 Å². The first kappa shape index (κ1) is 13.7. The highest BCUT2D eigenvalue weighted by molar-refractivity contribution is 7.98. The Morgan fingerprint density at radius 2 is 1.18 bits per heavy atom. The highest BCUT2D eigenvalue weighted by Crippen LogP contribution is 2.52. The molecule has 0 saturated heterocycles. The number of benzene rings is 3. The normalized spacial score (nSPS) is 14.5. The van der Waals surface area contributed by atoms with Gasteiger partial charge in [0.05, 0.1) is 0 Å². The molecule has 108 valence electrons. The first-order valence-electron chi connectivity index (χ1n) is 7.59. The molecule has 0 aliphatic heterocycles. The van der Waals surface area contributed by atoms with Crippen molar-refractivity contribution in [3.05, 3.63) is 89.5 Å². The fourth-order valence-electron chi connectivity index (χ4n) is 3.69. The molecule has 0 fully saturated rings. The van der Waals surface area contributed by atoms with E-state index in [2.05, 4.69) is 86.0 Å². The predicted octanol–water partition coefficient (Wildman–Crippen LogP) is 5.74. The summed E-state index contributed by atoms with van der Waals surface area (Å²) in [5.74, 6) is 0. The van der Waals surface area contributed by atoms with Gasteiger partial charge in [0.25, 0.3) is 0 Å². The van der Waals surface area contributed by atoms with Gasteiger partial charge in [-0.25, -0.2) is 0 Å². The molecule has 22 heavy (non-hydrogen) atoms. The second-order valence-electron chi connectivity index (χ2n) is 5.94. The Labute approximate surface area is 136 Å². The summed E-state index contributed by atoms with van der Waals surface area (Å²) in [5.41, 5.74) is 6.86. The molecule has 0 atom stereocenters. The molecule has 1 aliphatic carbocycles.